The molecule has 0 N–H and O–H groups in total. The molecule has 6 heteroatoms. The van der Waals surface area contributed by atoms with Gasteiger partial charge in [0, 0.05) is 19.3 Å². The van der Waals surface area contributed by atoms with Crippen molar-refractivity contribution in [2.45, 2.75) is 232 Å². The van der Waals surface area contributed by atoms with E-state index in [4.69, 9.17) is 14.2 Å². The zero-order valence-corrected chi connectivity index (χ0v) is 43.1. The van der Waals surface area contributed by atoms with E-state index in [0.29, 0.717) is 19.3 Å². The smallest absolute Gasteiger partial charge is 0.306 e. The third-order valence-corrected chi connectivity index (χ3v) is 10.9. The van der Waals surface area contributed by atoms with Gasteiger partial charge in [-0.15, -0.1) is 0 Å². The highest BCUT2D eigenvalue weighted by atomic mass is 16.6. The molecule has 0 saturated heterocycles. The fourth-order valence-corrected chi connectivity index (χ4v) is 6.84. The number of unbranched alkanes of at least 4 members (excludes halogenated alkanes) is 16. The minimum absolute atomic E-state index is 0.110. The van der Waals surface area contributed by atoms with Crippen molar-refractivity contribution in [3.63, 3.8) is 0 Å². The quantitative estimate of drug-likeness (QED) is 0.0262. The zero-order chi connectivity index (χ0) is 48.6. The third-order valence-electron chi connectivity index (χ3n) is 10.9. The molecule has 0 spiro atoms. The molecule has 0 aliphatic heterocycles. The lowest BCUT2D eigenvalue weighted by Gasteiger charge is -2.18. The normalized spacial score (nSPS) is 13.1. The van der Waals surface area contributed by atoms with Gasteiger partial charge in [0.15, 0.2) is 6.10 Å². The van der Waals surface area contributed by atoms with Crippen LogP contribution in [0.1, 0.15) is 226 Å². The molecule has 0 aliphatic rings. The molecule has 67 heavy (non-hydrogen) atoms. The van der Waals surface area contributed by atoms with Crippen LogP contribution in [0.5, 0.6) is 0 Å². The summed E-state index contributed by atoms with van der Waals surface area (Å²) in [5.41, 5.74) is 0. The zero-order valence-electron chi connectivity index (χ0n) is 43.1. The second-order valence-corrected chi connectivity index (χ2v) is 17.4. The topological polar surface area (TPSA) is 78.9 Å². The van der Waals surface area contributed by atoms with Crippen molar-refractivity contribution in [1.29, 1.82) is 0 Å². The highest BCUT2D eigenvalue weighted by molar-refractivity contribution is 5.71. The number of allylic oxidation sites excluding steroid dienone is 20. The Labute approximate surface area is 412 Å². The van der Waals surface area contributed by atoms with E-state index in [9.17, 15) is 14.4 Å². The Hall–Kier alpha value is -4.19. The summed E-state index contributed by atoms with van der Waals surface area (Å²) in [4.78, 5) is 38.0. The van der Waals surface area contributed by atoms with E-state index in [1.54, 1.807) is 0 Å². The van der Waals surface area contributed by atoms with Gasteiger partial charge >= 0.3 is 17.9 Å². The first-order valence-electron chi connectivity index (χ1n) is 27.0. The molecule has 0 bridgehead atoms. The van der Waals surface area contributed by atoms with E-state index in [1.165, 1.54) is 51.4 Å². The molecule has 378 valence electrons. The molecule has 0 unspecified atom stereocenters. The first kappa shape index (κ1) is 62.8. The molecule has 1 atom stereocenters. The summed E-state index contributed by atoms with van der Waals surface area (Å²) in [6, 6.07) is 0. The first-order valence-corrected chi connectivity index (χ1v) is 27.0. The summed E-state index contributed by atoms with van der Waals surface area (Å²) in [5.74, 6) is -0.990. The molecule has 0 aromatic heterocycles. The van der Waals surface area contributed by atoms with Crippen LogP contribution in [0.4, 0.5) is 0 Å². The molecule has 0 amide bonds. The molecule has 0 fully saturated rings. The standard InChI is InChI=1S/C61H98O6/c1-4-7-10-13-16-19-22-24-26-28-30-32-34-36-39-42-45-48-51-54-60(63)66-57-58(56-65-59(62)53-50-47-44-41-38-21-18-15-12-9-6-3)67-61(64)55-52-49-46-43-40-37-35-33-31-29-27-25-23-20-17-14-11-8-5-2/h7,10,15-20,24-27,30-33,36-37,39-40,58H,4-6,8-9,11-14,21-23,28-29,34-35,38,41-57H2,1-3H3/b10-7-,18-15-,19-16-,20-17-,26-24-,27-25-,32-30-,33-31-,39-36-,40-37-/t58-/m0/s1. The van der Waals surface area contributed by atoms with E-state index >= 15 is 0 Å². The lowest BCUT2D eigenvalue weighted by Crippen LogP contribution is -2.30. The van der Waals surface area contributed by atoms with E-state index in [1.807, 2.05) is 0 Å². The molecule has 0 aromatic rings. The molecular formula is C61H98O6. The van der Waals surface area contributed by atoms with Crippen molar-refractivity contribution >= 4 is 17.9 Å². The van der Waals surface area contributed by atoms with Gasteiger partial charge in [-0.2, -0.15) is 0 Å². The fourth-order valence-electron chi connectivity index (χ4n) is 6.84. The van der Waals surface area contributed by atoms with Gasteiger partial charge in [-0.1, -0.05) is 200 Å². The number of esters is 3. The Balaban J connectivity index is 4.51. The fraction of sp³-hybridized carbons (Fsp3) is 0.623. The number of rotatable bonds is 47. The monoisotopic (exact) mass is 927 g/mol. The average molecular weight is 927 g/mol. The highest BCUT2D eigenvalue weighted by Gasteiger charge is 2.19. The summed E-state index contributed by atoms with van der Waals surface area (Å²) in [7, 11) is 0. The molecular weight excluding hydrogens is 829 g/mol. The second kappa shape index (κ2) is 54.4. The van der Waals surface area contributed by atoms with Crippen LogP contribution in [0.2, 0.25) is 0 Å². The van der Waals surface area contributed by atoms with Crippen LogP contribution in [0.3, 0.4) is 0 Å². The Kier molecular flexibility index (Phi) is 51.0. The van der Waals surface area contributed by atoms with Crippen LogP contribution in [-0.4, -0.2) is 37.2 Å². The summed E-state index contributed by atoms with van der Waals surface area (Å²) in [5, 5.41) is 0. The summed E-state index contributed by atoms with van der Waals surface area (Å²) < 4.78 is 16.8. The Morgan fingerprint density at radius 2 is 0.597 bits per heavy atom. The summed E-state index contributed by atoms with van der Waals surface area (Å²) >= 11 is 0. The SMILES string of the molecule is CC/C=C\C/C=C\C/C=C\C/C=C\C/C=C\CCCCCC(=O)OC[C@H](COC(=O)CCCCCCC/C=C\CCCC)OC(=O)CCCCC/C=C\C/C=C\C/C=C\C/C=C\CCCCC. The van der Waals surface area contributed by atoms with Crippen LogP contribution in [0.15, 0.2) is 122 Å². The highest BCUT2D eigenvalue weighted by Crippen LogP contribution is 2.12. The van der Waals surface area contributed by atoms with Crippen molar-refractivity contribution in [3.8, 4) is 0 Å². The Morgan fingerprint density at radius 1 is 0.313 bits per heavy atom. The van der Waals surface area contributed by atoms with Gasteiger partial charge in [-0.3, -0.25) is 14.4 Å². The van der Waals surface area contributed by atoms with Gasteiger partial charge in [0.1, 0.15) is 13.2 Å². The number of hydrogen-bond acceptors (Lipinski definition) is 6. The molecule has 0 aromatic carbocycles. The number of carbonyl (C=O) groups excluding carboxylic acids is 3. The van der Waals surface area contributed by atoms with Crippen molar-refractivity contribution in [2.75, 3.05) is 13.2 Å². The summed E-state index contributed by atoms with van der Waals surface area (Å²) in [6.07, 6.45) is 74.7. The van der Waals surface area contributed by atoms with Crippen LogP contribution < -0.4 is 0 Å². The van der Waals surface area contributed by atoms with Crippen LogP contribution in [0.25, 0.3) is 0 Å². The predicted octanol–water partition coefficient (Wildman–Crippen LogP) is 18.1. The van der Waals surface area contributed by atoms with Gasteiger partial charge in [0.2, 0.25) is 0 Å². The van der Waals surface area contributed by atoms with Gasteiger partial charge in [0.25, 0.3) is 0 Å². The first-order chi connectivity index (χ1) is 33.0. The molecule has 0 radical (unpaired) electrons. The molecule has 0 aliphatic carbocycles. The van der Waals surface area contributed by atoms with Crippen molar-refractivity contribution in [1.82, 2.24) is 0 Å². The predicted molar refractivity (Wildman–Crippen MR) is 288 cm³/mol. The van der Waals surface area contributed by atoms with Crippen LogP contribution >= 0.6 is 0 Å². The van der Waals surface area contributed by atoms with Crippen molar-refractivity contribution in [3.05, 3.63) is 122 Å². The summed E-state index contributed by atoms with van der Waals surface area (Å²) in [6.45, 7) is 6.38. The lowest BCUT2D eigenvalue weighted by atomic mass is 10.1. The van der Waals surface area contributed by atoms with Crippen LogP contribution in [-0.2, 0) is 28.6 Å². The number of hydrogen-bond donors (Lipinski definition) is 0. The van der Waals surface area contributed by atoms with Gasteiger partial charge in [-0.25, -0.2) is 0 Å². The lowest BCUT2D eigenvalue weighted by molar-refractivity contribution is -0.167. The van der Waals surface area contributed by atoms with Gasteiger partial charge in [-0.05, 0) is 128 Å². The minimum atomic E-state index is -0.815. The average Bonchev–Trinajstić information content (AvgIpc) is 3.33. The number of ether oxygens (including phenoxy) is 3. The Bertz CT molecular complexity index is 1440. The van der Waals surface area contributed by atoms with Gasteiger partial charge in [0.05, 0.1) is 0 Å². The maximum atomic E-state index is 12.8. The largest absolute Gasteiger partial charge is 0.462 e. The van der Waals surface area contributed by atoms with E-state index in [-0.39, 0.29) is 37.5 Å². The van der Waals surface area contributed by atoms with E-state index in [2.05, 4.69) is 142 Å². The van der Waals surface area contributed by atoms with Crippen LogP contribution in [0, 0.1) is 0 Å². The number of carbonyl (C=O) groups is 3. The minimum Gasteiger partial charge on any atom is -0.462 e. The van der Waals surface area contributed by atoms with E-state index < -0.39 is 6.10 Å². The third kappa shape index (κ3) is 52.6. The maximum Gasteiger partial charge on any atom is 0.306 e. The van der Waals surface area contributed by atoms with Crippen molar-refractivity contribution in [2.24, 2.45) is 0 Å². The van der Waals surface area contributed by atoms with E-state index in [0.717, 1.165) is 128 Å². The molecule has 0 heterocycles. The molecule has 0 rings (SSSR count). The molecule has 0 saturated carbocycles. The van der Waals surface area contributed by atoms with Gasteiger partial charge < -0.3 is 14.2 Å². The maximum absolute atomic E-state index is 12.8. The Morgan fingerprint density at radius 3 is 0.985 bits per heavy atom. The second-order valence-electron chi connectivity index (χ2n) is 17.4. The molecule has 6 nitrogen and oxygen atoms in total. The van der Waals surface area contributed by atoms with Crippen molar-refractivity contribution < 1.29 is 28.6 Å².